The van der Waals surface area contributed by atoms with E-state index >= 15 is 0 Å². The first-order valence-electron chi connectivity index (χ1n) is 5.31. The Labute approximate surface area is 104 Å². The van der Waals surface area contributed by atoms with E-state index in [1.807, 2.05) is 32.0 Å². The third kappa shape index (κ3) is 2.01. The van der Waals surface area contributed by atoms with Crippen molar-refractivity contribution in [2.24, 2.45) is 5.73 Å². The summed E-state index contributed by atoms with van der Waals surface area (Å²) in [6, 6.07) is 5.64. The lowest BCUT2D eigenvalue weighted by atomic mass is 10.2. The molecular weight excluding hydrogens is 238 g/mol. The molecule has 2 aromatic rings. The first kappa shape index (κ1) is 12.0. The summed E-state index contributed by atoms with van der Waals surface area (Å²) in [5, 5.41) is 3.42. The van der Waals surface area contributed by atoms with Gasteiger partial charge in [-0.1, -0.05) is 17.7 Å². The molecule has 3 N–H and O–H groups in total. The molecule has 0 aliphatic heterocycles. The minimum atomic E-state index is -0.151. The Hall–Kier alpha value is -1.52. The van der Waals surface area contributed by atoms with E-state index < -0.39 is 0 Å². The summed E-state index contributed by atoms with van der Waals surface area (Å²) in [6.45, 7) is 4.02. The Morgan fingerprint density at radius 2 is 2.12 bits per heavy atom. The van der Waals surface area contributed by atoms with Crippen LogP contribution in [0.2, 0.25) is 5.02 Å². The van der Waals surface area contributed by atoms with E-state index in [4.69, 9.17) is 17.3 Å². The van der Waals surface area contributed by atoms with Crippen LogP contribution < -0.4 is 11.3 Å². The van der Waals surface area contributed by atoms with Crippen LogP contribution in [0.5, 0.6) is 0 Å². The molecule has 0 spiro atoms. The summed E-state index contributed by atoms with van der Waals surface area (Å²) < 4.78 is 1.70. The molecule has 0 aliphatic rings. The van der Waals surface area contributed by atoms with Crippen molar-refractivity contribution in [1.82, 2.24) is 9.78 Å². The molecular formula is C12H14ClN3O. The number of nitrogens with two attached hydrogens (primary N) is 1. The highest BCUT2D eigenvalue weighted by atomic mass is 35.5. The molecule has 1 aromatic heterocycles. The van der Waals surface area contributed by atoms with Gasteiger partial charge in [-0.2, -0.15) is 0 Å². The van der Waals surface area contributed by atoms with Crippen LogP contribution in [0, 0.1) is 13.8 Å². The van der Waals surface area contributed by atoms with Crippen molar-refractivity contribution >= 4 is 11.6 Å². The average molecular weight is 252 g/mol. The number of H-pyrrole nitrogens is 1. The number of halogens is 1. The summed E-state index contributed by atoms with van der Waals surface area (Å²) in [6.07, 6.45) is 0. The van der Waals surface area contributed by atoms with Crippen molar-refractivity contribution in [3.8, 4) is 5.69 Å². The smallest absolute Gasteiger partial charge is 0.269 e. The van der Waals surface area contributed by atoms with Crippen molar-refractivity contribution < 1.29 is 0 Å². The van der Waals surface area contributed by atoms with Crippen LogP contribution in [-0.2, 0) is 6.54 Å². The Bertz CT molecular complexity index is 613. The lowest BCUT2D eigenvalue weighted by Crippen LogP contribution is -2.10. The fourth-order valence-electron chi connectivity index (χ4n) is 1.77. The highest BCUT2D eigenvalue weighted by Crippen LogP contribution is 2.20. The number of aryl methyl sites for hydroxylation is 1. The molecule has 4 nitrogen and oxygen atoms in total. The van der Waals surface area contributed by atoms with Gasteiger partial charge in [0.2, 0.25) is 0 Å². The van der Waals surface area contributed by atoms with E-state index in [9.17, 15) is 4.79 Å². The molecule has 1 aromatic carbocycles. The number of nitrogens with one attached hydrogen (secondary N) is 1. The normalized spacial score (nSPS) is 10.8. The van der Waals surface area contributed by atoms with Gasteiger partial charge in [0.05, 0.1) is 11.3 Å². The molecule has 1 heterocycles. The monoisotopic (exact) mass is 251 g/mol. The van der Waals surface area contributed by atoms with Crippen LogP contribution in [0.25, 0.3) is 5.69 Å². The zero-order chi connectivity index (χ0) is 12.6. The molecule has 0 radical (unpaired) electrons. The first-order valence-corrected chi connectivity index (χ1v) is 5.69. The van der Waals surface area contributed by atoms with E-state index in [-0.39, 0.29) is 12.1 Å². The van der Waals surface area contributed by atoms with E-state index in [0.717, 1.165) is 16.9 Å². The van der Waals surface area contributed by atoms with Gasteiger partial charge in [0.15, 0.2) is 0 Å². The summed E-state index contributed by atoms with van der Waals surface area (Å²) in [7, 11) is 0. The lowest BCUT2D eigenvalue weighted by Gasteiger charge is -2.07. The van der Waals surface area contributed by atoms with Gasteiger partial charge in [-0.25, -0.2) is 0 Å². The Morgan fingerprint density at radius 3 is 2.65 bits per heavy atom. The standard InChI is InChI=1S/C12H14ClN3O/c1-7-3-4-9(5-11(7)13)16-8(2)10(6-14)12(17)15-16/h3-5H,6,14H2,1-2H3,(H,15,17). The predicted molar refractivity (Wildman–Crippen MR) is 68.8 cm³/mol. The molecule has 0 bridgehead atoms. The van der Waals surface area contributed by atoms with Gasteiger partial charge in [0.1, 0.15) is 0 Å². The summed E-state index contributed by atoms with van der Waals surface area (Å²) in [5.74, 6) is 0. The number of rotatable bonds is 2. The van der Waals surface area contributed by atoms with Gasteiger partial charge in [0.25, 0.3) is 5.56 Å². The second-order valence-electron chi connectivity index (χ2n) is 3.98. The molecule has 0 amide bonds. The topological polar surface area (TPSA) is 63.8 Å². The van der Waals surface area contributed by atoms with Gasteiger partial charge < -0.3 is 5.73 Å². The quantitative estimate of drug-likeness (QED) is 0.856. The van der Waals surface area contributed by atoms with Crippen LogP contribution in [0.4, 0.5) is 0 Å². The SMILES string of the molecule is Cc1ccc(-n2[nH]c(=O)c(CN)c2C)cc1Cl. The van der Waals surface area contributed by atoms with Crippen molar-refractivity contribution in [3.05, 3.63) is 50.4 Å². The van der Waals surface area contributed by atoms with E-state index in [2.05, 4.69) is 5.10 Å². The van der Waals surface area contributed by atoms with Crippen LogP contribution in [0.1, 0.15) is 16.8 Å². The minimum Gasteiger partial charge on any atom is -0.326 e. The number of aromatic amines is 1. The van der Waals surface area contributed by atoms with Crippen molar-refractivity contribution in [3.63, 3.8) is 0 Å². The molecule has 0 aliphatic carbocycles. The van der Waals surface area contributed by atoms with Gasteiger partial charge in [0, 0.05) is 17.3 Å². The molecule has 2 rings (SSSR count). The van der Waals surface area contributed by atoms with Crippen molar-refractivity contribution in [1.29, 1.82) is 0 Å². The maximum absolute atomic E-state index is 11.6. The summed E-state index contributed by atoms with van der Waals surface area (Å²) >= 11 is 6.07. The van der Waals surface area contributed by atoms with Gasteiger partial charge in [-0.15, -0.1) is 0 Å². The molecule has 5 heteroatoms. The molecule has 0 atom stereocenters. The first-order chi connectivity index (χ1) is 8.04. The van der Waals surface area contributed by atoms with Crippen molar-refractivity contribution in [2.75, 3.05) is 0 Å². The second kappa shape index (κ2) is 4.39. The average Bonchev–Trinajstić information content (AvgIpc) is 2.58. The Kier molecular flexibility index (Phi) is 3.09. The fourth-order valence-corrected chi connectivity index (χ4v) is 1.95. The number of nitrogens with zero attached hydrogens (tertiary/aromatic N) is 1. The Morgan fingerprint density at radius 1 is 1.41 bits per heavy atom. The second-order valence-corrected chi connectivity index (χ2v) is 4.39. The van der Waals surface area contributed by atoms with Crippen LogP contribution in [0.15, 0.2) is 23.0 Å². The predicted octanol–water partition coefficient (Wildman–Crippen LogP) is 1.89. The van der Waals surface area contributed by atoms with Gasteiger partial charge in [-0.3, -0.25) is 14.6 Å². The molecule has 0 fully saturated rings. The van der Waals surface area contributed by atoms with Crippen LogP contribution >= 0.6 is 11.6 Å². The maximum Gasteiger partial charge on any atom is 0.269 e. The summed E-state index contributed by atoms with van der Waals surface area (Å²) in [4.78, 5) is 11.6. The largest absolute Gasteiger partial charge is 0.326 e. The number of hydrogen-bond donors (Lipinski definition) is 2. The zero-order valence-electron chi connectivity index (χ0n) is 9.75. The highest BCUT2D eigenvalue weighted by molar-refractivity contribution is 6.31. The highest BCUT2D eigenvalue weighted by Gasteiger charge is 2.11. The summed E-state index contributed by atoms with van der Waals surface area (Å²) in [5.41, 5.74) is 8.63. The molecule has 0 saturated heterocycles. The molecule has 0 unspecified atom stereocenters. The van der Waals surface area contributed by atoms with Crippen LogP contribution in [0.3, 0.4) is 0 Å². The third-order valence-electron chi connectivity index (χ3n) is 2.88. The molecule has 17 heavy (non-hydrogen) atoms. The number of benzene rings is 1. The minimum absolute atomic E-state index is 0.151. The zero-order valence-corrected chi connectivity index (χ0v) is 10.5. The van der Waals surface area contributed by atoms with Gasteiger partial charge >= 0.3 is 0 Å². The lowest BCUT2D eigenvalue weighted by molar-refractivity contribution is 0.832. The number of hydrogen-bond acceptors (Lipinski definition) is 2. The fraction of sp³-hybridized carbons (Fsp3) is 0.250. The maximum atomic E-state index is 11.6. The van der Waals surface area contributed by atoms with Gasteiger partial charge in [-0.05, 0) is 31.5 Å². The number of aromatic nitrogens is 2. The Balaban J connectivity index is 2.61. The van der Waals surface area contributed by atoms with E-state index in [1.165, 1.54) is 0 Å². The molecule has 0 saturated carbocycles. The van der Waals surface area contributed by atoms with E-state index in [0.29, 0.717) is 10.6 Å². The van der Waals surface area contributed by atoms with E-state index in [1.54, 1.807) is 4.68 Å². The van der Waals surface area contributed by atoms with Crippen molar-refractivity contribution in [2.45, 2.75) is 20.4 Å². The molecule has 90 valence electrons. The van der Waals surface area contributed by atoms with Crippen LogP contribution in [-0.4, -0.2) is 9.78 Å². The third-order valence-corrected chi connectivity index (χ3v) is 3.28.